The number of nitrogens with zero attached hydrogens (tertiary/aromatic N) is 2. The second-order valence-electron chi connectivity index (χ2n) is 6.32. The number of ether oxygens (including phenoxy) is 1. The first-order valence-electron chi connectivity index (χ1n) is 6.66. The molecule has 0 aromatic carbocycles. The van der Waals surface area contributed by atoms with Gasteiger partial charge in [0, 0.05) is 12.4 Å². The summed E-state index contributed by atoms with van der Waals surface area (Å²) in [7, 11) is 0. The zero-order chi connectivity index (χ0) is 13.7. The molecule has 102 valence electrons. The van der Waals surface area contributed by atoms with Crippen molar-refractivity contribution < 1.29 is 4.74 Å². The van der Waals surface area contributed by atoms with Gasteiger partial charge >= 0.3 is 0 Å². The Balaban J connectivity index is 2.02. The Morgan fingerprint density at radius 3 is 2.74 bits per heavy atom. The third-order valence-corrected chi connectivity index (χ3v) is 4.64. The monoisotopic (exact) mass is 276 g/mol. The van der Waals surface area contributed by atoms with E-state index in [-0.39, 0.29) is 11.2 Å². The smallest absolute Gasteiger partial charge is 0.150 e. The molecule has 0 bridgehead atoms. The zero-order valence-corrected chi connectivity index (χ0v) is 12.7. The van der Waals surface area contributed by atoms with Crippen molar-refractivity contribution >= 4 is 11.3 Å². The lowest BCUT2D eigenvalue weighted by molar-refractivity contribution is -0.0727. The average molecular weight is 276 g/mol. The van der Waals surface area contributed by atoms with E-state index in [1.165, 1.54) is 4.88 Å². The fourth-order valence-corrected chi connectivity index (χ4v) is 3.85. The van der Waals surface area contributed by atoms with Gasteiger partial charge in [0.05, 0.1) is 22.1 Å². The SMILES string of the molecule is CC1(C)CC(n2ccnc2-c2cccs2)C(C)(C)O1. The van der Waals surface area contributed by atoms with Crippen molar-refractivity contribution in [2.45, 2.75) is 51.4 Å². The first kappa shape index (κ1) is 12.9. The van der Waals surface area contributed by atoms with Crippen molar-refractivity contribution in [3.05, 3.63) is 29.9 Å². The highest BCUT2D eigenvalue weighted by Gasteiger charge is 2.47. The highest BCUT2D eigenvalue weighted by atomic mass is 32.1. The molecule has 1 aliphatic heterocycles. The molecule has 1 saturated heterocycles. The van der Waals surface area contributed by atoms with Crippen molar-refractivity contribution in [2.75, 3.05) is 0 Å². The van der Waals surface area contributed by atoms with Crippen molar-refractivity contribution in [1.82, 2.24) is 9.55 Å². The van der Waals surface area contributed by atoms with Crippen molar-refractivity contribution in [2.24, 2.45) is 0 Å². The summed E-state index contributed by atoms with van der Waals surface area (Å²) < 4.78 is 8.48. The van der Waals surface area contributed by atoms with E-state index in [0.29, 0.717) is 6.04 Å². The summed E-state index contributed by atoms with van der Waals surface area (Å²) in [6.07, 6.45) is 4.97. The number of hydrogen-bond donors (Lipinski definition) is 0. The van der Waals surface area contributed by atoms with E-state index in [1.54, 1.807) is 11.3 Å². The van der Waals surface area contributed by atoms with Crippen molar-refractivity contribution in [1.29, 1.82) is 0 Å². The molecular formula is C15H20N2OS. The van der Waals surface area contributed by atoms with Crippen LogP contribution in [0.4, 0.5) is 0 Å². The molecule has 3 heterocycles. The largest absolute Gasteiger partial charge is 0.367 e. The van der Waals surface area contributed by atoms with Crippen LogP contribution in [-0.4, -0.2) is 20.8 Å². The van der Waals surface area contributed by atoms with E-state index in [9.17, 15) is 0 Å². The van der Waals surface area contributed by atoms with E-state index in [1.807, 2.05) is 6.20 Å². The van der Waals surface area contributed by atoms with Gasteiger partial charge in [0.15, 0.2) is 0 Å². The highest BCUT2D eigenvalue weighted by Crippen LogP contribution is 2.46. The number of hydrogen-bond acceptors (Lipinski definition) is 3. The molecule has 1 atom stereocenters. The van der Waals surface area contributed by atoms with Gasteiger partial charge in [-0.1, -0.05) is 6.07 Å². The molecule has 2 aromatic rings. The second-order valence-corrected chi connectivity index (χ2v) is 7.27. The van der Waals surface area contributed by atoms with Crippen LogP contribution >= 0.6 is 11.3 Å². The molecule has 1 unspecified atom stereocenters. The van der Waals surface area contributed by atoms with Gasteiger partial charge in [-0.3, -0.25) is 0 Å². The summed E-state index contributed by atoms with van der Waals surface area (Å²) in [5.74, 6) is 1.05. The predicted molar refractivity (Wildman–Crippen MR) is 78.4 cm³/mol. The Labute approximate surface area is 118 Å². The first-order valence-corrected chi connectivity index (χ1v) is 7.54. The lowest BCUT2D eigenvalue weighted by Crippen LogP contribution is -2.31. The Kier molecular flexibility index (Phi) is 2.84. The van der Waals surface area contributed by atoms with Crippen LogP contribution in [0.25, 0.3) is 10.7 Å². The summed E-state index contributed by atoms with van der Waals surface area (Å²) in [6, 6.07) is 4.51. The van der Waals surface area contributed by atoms with Gasteiger partial charge < -0.3 is 9.30 Å². The van der Waals surface area contributed by atoms with E-state index in [2.05, 4.69) is 61.0 Å². The molecule has 3 rings (SSSR count). The summed E-state index contributed by atoms with van der Waals surface area (Å²) in [6.45, 7) is 8.67. The molecule has 0 radical (unpaired) electrons. The maximum Gasteiger partial charge on any atom is 0.150 e. The summed E-state index contributed by atoms with van der Waals surface area (Å²) in [5.41, 5.74) is -0.249. The Morgan fingerprint density at radius 2 is 2.16 bits per heavy atom. The molecular weight excluding hydrogens is 256 g/mol. The average Bonchev–Trinajstić information content (AvgIpc) is 2.96. The Bertz CT molecular complexity index is 569. The second kappa shape index (κ2) is 4.18. The van der Waals surface area contributed by atoms with Gasteiger partial charge in [0.1, 0.15) is 5.82 Å². The topological polar surface area (TPSA) is 27.1 Å². The summed E-state index contributed by atoms with van der Waals surface area (Å²) in [4.78, 5) is 5.75. The van der Waals surface area contributed by atoms with Gasteiger partial charge in [-0.2, -0.15) is 0 Å². The molecule has 0 spiro atoms. The van der Waals surface area contributed by atoms with Crippen LogP contribution in [0.15, 0.2) is 29.9 Å². The molecule has 3 nitrogen and oxygen atoms in total. The van der Waals surface area contributed by atoms with Crippen LogP contribution in [0.2, 0.25) is 0 Å². The molecule has 1 fully saturated rings. The fourth-order valence-electron chi connectivity index (χ4n) is 3.13. The Morgan fingerprint density at radius 1 is 1.37 bits per heavy atom. The molecule has 2 aromatic heterocycles. The first-order chi connectivity index (χ1) is 8.89. The van der Waals surface area contributed by atoms with Gasteiger partial charge in [-0.15, -0.1) is 11.3 Å². The van der Waals surface area contributed by atoms with E-state index >= 15 is 0 Å². The minimum absolute atomic E-state index is 0.0782. The third kappa shape index (κ3) is 2.23. The molecule has 1 aliphatic rings. The summed E-state index contributed by atoms with van der Waals surface area (Å²) in [5, 5.41) is 2.09. The van der Waals surface area contributed by atoms with Crippen LogP contribution in [0.5, 0.6) is 0 Å². The molecule has 0 amide bonds. The lowest BCUT2D eigenvalue weighted by Gasteiger charge is -2.28. The number of aromatic nitrogens is 2. The normalized spacial score (nSPS) is 24.7. The maximum absolute atomic E-state index is 6.20. The number of rotatable bonds is 2. The molecule has 19 heavy (non-hydrogen) atoms. The molecule has 0 N–H and O–H groups in total. The van der Waals surface area contributed by atoms with Crippen LogP contribution in [0, 0.1) is 0 Å². The lowest BCUT2D eigenvalue weighted by atomic mass is 9.94. The van der Waals surface area contributed by atoms with Gasteiger partial charge in [0.2, 0.25) is 0 Å². The quantitative estimate of drug-likeness (QED) is 0.824. The van der Waals surface area contributed by atoms with E-state index < -0.39 is 0 Å². The fraction of sp³-hybridized carbons (Fsp3) is 0.533. The van der Waals surface area contributed by atoms with Gasteiger partial charge in [0.25, 0.3) is 0 Å². The van der Waals surface area contributed by atoms with Crippen LogP contribution in [0.1, 0.15) is 40.2 Å². The molecule has 0 aliphatic carbocycles. The minimum atomic E-state index is -0.170. The van der Waals surface area contributed by atoms with Crippen molar-refractivity contribution in [3.8, 4) is 10.7 Å². The Hall–Kier alpha value is -1.13. The molecule has 0 saturated carbocycles. The highest BCUT2D eigenvalue weighted by molar-refractivity contribution is 7.13. The van der Waals surface area contributed by atoms with Crippen LogP contribution in [0.3, 0.4) is 0 Å². The predicted octanol–water partition coefficient (Wildman–Crippen LogP) is 4.13. The molecule has 4 heteroatoms. The standard InChI is InChI=1S/C15H20N2OS/c1-14(2)10-12(15(3,4)18-14)17-8-7-16-13(17)11-6-5-9-19-11/h5-9,12H,10H2,1-4H3. The minimum Gasteiger partial charge on any atom is -0.367 e. The third-order valence-electron chi connectivity index (χ3n) is 3.77. The zero-order valence-electron chi connectivity index (χ0n) is 11.9. The van der Waals surface area contributed by atoms with Crippen molar-refractivity contribution in [3.63, 3.8) is 0 Å². The number of imidazole rings is 1. The van der Waals surface area contributed by atoms with Gasteiger partial charge in [-0.05, 0) is 45.6 Å². The van der Waals surface area contributed by atoms with Gasteiger partial charge in [-0.25, -0.2) is 4.98 Å². The van der Waals surface area contributed by atoms with Crippen LogP contribution in [-0.2, 0) is 4.74 Å². The van der Waals surface area contributed by atoms with E-state index in [0.717, 1.165) is 12.2 Å². The maximum atomic E-state index is 6.20. The van der Waals surface area contributed by atoms with Crippen LogP contribution < -0.4 is 0 Å². The number of thiophene rings is 1. The van der Waals surface area contributed by atoms with E-state index in [4.69, 9.17) is 4.74 Å². The summed E-state index contributed by atoms with van der Waals surface area (Å²) >= 11 is 1.73.